The Morgan fingerprint density at radius 3 is 2.43 bits per heavy atom. The quantitative estimate of drug-likeness (QED) is 0.660. The third kappa shape index (κ3) is 5.41. The zero-order valence-corrected chi connectivity index (χ0v) is 18.1. The highest BCUT2D eigenvalue weighted by molar-refractivity contribution is 7.89. The van der Waals surface area contributed by atoms with Crippen molar-refractivity contribution in [2.75, 3.05) is 32.8 Å². The molecule has 0 saturated carbocycles. The SMILES string of the molecule is O=C(O)COc1ccc(Cl)cc1CN1CCN(S(=O)(=O)c2ccc(F)c(Cl)c2)CC1. The van der Waals surface area contributed by atoms with E-state index in [1.165, 1.54) is 10.4 Å². The second-order valence-corrected chi connectivity index (χ2v) is 9.47. The number of piperazine rings is 1. The van der Waals surface area contributed by atoms with Crippen LogP contribution >= 0.6 is 23.2 Å². The van der Waals surface area contributed by atoms with Crippen molar-refractivity contribution in [2.45, 2.75) is 11.4 Å². The van der Waals surface area contributed by atoms with Crippen LogP contribution in [0.5, 0.6) is 5.75 Å². The van der Waals surface area contributed by atoms with Crippen LogP contribution in [-0.4, -0.2) is 61.5 Å². The number of carboxylic acid groups (broad SMARTS) is 1. The van der Waals surface area contributed by atoms with Crippen LogP contribution in [0.1, 0.15) is 5.56 Å². The smallest absolute Gasteiger partial charge is 0.341 e. The van der Waals surface area contributed by atoms with Crippen molar-refractivity contribution < 1.29 is 27.4 Å². The first kappa shape index (κ1) is 22.8. The maximum absolute atomic E-state index is 13.3. The number of benzene rings is 2. The van der Waals surface area contributed by atoms with Gasteiger partial charge < -0.3 is 9.84 Å². The number of nitrogens with zero attached hydrogens (tertiary/aromatic N) is 2. The van der Waals surface area contributed by atoms with Gasteiger partial charge in [0.2, 0.25) is 10.0 Å². The molecule has 2 aromatic rings. The average Bonchev–Trinajstić information content (AvgIpc) is 2.69. The molecule has 1 aliphatic rings. The van der Waals surface area contributed by atoms with Crippen LogP contribution in [0.4, 0.5) is 4.39 Å². The van der Waals surface area contributed by atoms with Gasteiger partial charge in [0.1, 0.15) is 11.6 Å². The highest BCUT2D eigenvalue weighted by atomic mass is 35.5. The molecule has 162 valence electrons. The summed E-state index contributed by atoms with van der Waals surface area (Å²) >= 11 is 11.8. The molecule has 1 heterocycles. The predicted octanol–water partition coefficient (Wildman–Crippen LogP) is 3.10. The molecule has 0 aromatic heterocycles. The summed E-state index contributed by atoms with van der Waals surface area (Å²) in [5, 5.41) is 9.06. The lowest BCUT2D eigenvalue weighted by atomic mass is 10.1. The summed E-state index contributed by atoms with van der Waals surface area (Å²) in [6.07, 6.45) is 0. The number of carboxylic acids is 1. The molecule has 0 amide bonds. The van der Waals surface area contributed by atoms with E-state index in [0.29, 0.717) is 36.0 Å². The molecule has 1 fully saturated rings. The lowest BCUT2D eigenvalue weighted by molar-refractivity contribution is -0.139. The molecule has 0 bridgehead atoms. The number of carbonyl (C=O) groups is 1. The molecule has 0 atom stereocenters. The van der Waals surface area contributed by atoms with E-state index >= 15 is 0 Å². The Hall–Kier alpha value is -1.91. The number of hydrogen-bond acceptors (Lipinski definition) is 5. The van der Waals surface area contributed by atoms with E-state index in [4.69, 9.17) is 33.0 Å². The van der Waals surface area contributed by atoms with Crippen LogP contribution in [0, 0.1) is 5.82 Å². The van der Waals surface area contributed by atoms with Gasteiger partial charge in [0.05, 0.1) is 9.92 Å². The third-order valence-electron chi connectivity index (χ3n) is 4.63. The highest BCUT2D eigenvalue weighted by Crippen LogP contribution is 2.26. The van der Waals surface area contributed by atoms with E-state index in [1.54, 1.807) is 18.2 Å². The Kier molecular flexibility index (Phi) is 7.20. The second-order valence-electron chi connectivity index (χ2n) is 6.69. The molecule has 1 aliphatic heterocycles. The summed E-state index contributed by atoms with van der Waals surface area (Å²) in [4.78, 5) is 12.7. The standard InChI is InChI=1S/C19H19Cl2FN2O5S/c20-14-1-4-18(29-12-19(25)26)13(9-14)11-23-5-7-24(8-6-23)30(27,28)15-2-3-17(22)16(21)10-15/h1-4,9-10H,5-8,11-12H2,(H,25,26). The van der Waals surface area contributed by atoms with Crippen LogP contribution in [0.25, 0.3) is 0 Å². The Balaban J connectivity index is 1.67. The van der Waals surface area contributed by atoms with E-state index in [2.05, 4.69) is 0 Å². The summed E-state index contributed by atoms with van der Waals surface area (Å²) in [7, 11) is -3.79. The molecule has 1 saturated heterocycles. The Bertz CT molecular complexity index is 1040. The fourth-order valence-corrected chi connectivity index (χ4v) is 5.00. The first-order valence-electron chi connectivity index (χ1n) is 8.97. The van der Waals surface area contributed by atoms with E-state index in [1.807, 2.05) is 4.90 Å². The Labute approximate surface area is 183 Å². The molecular formula is C19H19Cl2FN2O5S. The van der Waals surface area contributed by atoms with Crippen molar-refractivity contribution in [3.63, 3.8) is 0 Å². The molecular weight excluding hydrogens is 458 g/mol. The fourth-order valence-electron chi connectivity index (χ4n) is 3.11. The minimum absolute atomic E-state index is 0.0541. The van der Waals surface area contributed by atoms with Gasteiger partial charge in [-0.2, -0.15) is 4.31 Å². The number of aliphatic carboxylic acids is 1. The minimum Gasteiger partial charge on any atom is -0.482 e. The zero-order valence-electron chi connectivity index (χ0n) is 15.7. The van der Waals surface area contributed by atoms with Crippen molar-refractivity contribution in [3.8, 4) is 5.75 Å². The number of sulfonamides is 1. The normalized spacial score (nSPS) is 15.8. The molecule has 1 N–H and O–H groups in total. The first-order chi connectivity index (χ1) is 14.2. The summed E-state index contributed by atoms with van der Waals surface area (Å²) in [6, 6.07) is 8.25. The molecule has 7 nitrogen and oxygen atoms in total. The van der Waals surface area contributed by atoms with Gasteiger partial charge in [0.25, 0.3) is 0 Å². The van der Waals surface area contributed by atoms with Crippen molar-refractivity contribution >= 4 is 39.2 Å². The second kappa shape index (κ2) is 9.49. The van der Waals surface area contributed by atoms with Crippen LogP contribution in [0.2, 0.25) is 10.0 Å². The van der Waals surface area contributed by atoms with Gasteiger partial charge in [-0.1, -0.05) is 23.2 Å². The van der Waals surface area contributed by atoms with Gasteiger partial charge in [-0.05, 0) is 36.4 Å². The Morgan fingerprint density at radius 1 is 1.10 bits per heavy atom. The zero-order chi connectivity index (χ0) is 21.9. The monoisotopic (exact) mass is 476 g/mol. The van der Waals surface area contributed by atoms with Gasteiger partial charge in [0.15, 0.2) is 6.61 Å². The maximum Gasteiger partial charge on any atom is 0.341 e. The minimum atomic E-state index is -3.79. The third-order valence-corrected chi connectivity index (χ3v) is 7.05. The largest absolute Gasteiger partial charge is 0.482 e. The van der Waals surface area contributed by atoms with Gasteiger partial charge >= 0.3 is 5.97 Å². The van der Waals surface area contributed by atoms with E-state index < -0.39 is 28.4 Å². The summed E-state index contributed by atoms with van der Waals surface area (Å²) in [6.45, 7) is 1.32. The van der Waals surface area contributed by atoms with E-state index in [9.17, 15) is 17.6 Å². The van der Waals surface area contributed by atoms with E-state index in [-0.39, 0.29) is 23.0 Å². The van der Waals surface area contributed by atoms with Crippen LogP contribution in [-0.2, 0) is 21.4 Å². The van der Waals surface area contributed by atoms with Crippen LogP contribution < -0.4 is 4.74 Å². The molecule has 3 rings (SSSR count). The predicted molar refractivity (Wildman–Crippen MR) is 110 cm³/mol. The van der Waals surface area contributed by atoms with Crippen molar-refractivity contribution in [2.24, 2.45) is 0 Å². The maximum atomic E-state index is 13.3. The molecule has 0 aliphatic carbocycles. The molecule has 11 heteroatoms. The number of ether oxygens (including phenoxy) is 1. The average molecular weight is 477 g/mol. The lowest BCUT2D eigenvalue weighted by Crippen LogP contribution is -2.48. The van der Waals surface area contributed by atoms with Gasteiger partial charge in [-0.25, -0.2) is 17.6 Å². The van der Waals surface area contributed by atoms with Gasteiger partial charge in [0, 0.05) is 43.3 Å². The summed E-state index contributed by atoms with van der Waals surface area (Å²) < 4.78 is 45.6. The van der Waals surface area contributed by atoms with Crippen LogP contribution in [0.3, 0.4) is 0 Å². The van der Waals surface area contributed by atoms with Crippen molar-refractivity contribution in [1.29, 1.82) is 0 Å². The molecule has 0 unspecified atom stereocenters. The molecule has 0 radical (unpaired) electrons. The highest BCUT2D eigenvalue weighted by Gasteiger charge is 2.29. The number of hydrogen-bond donors (Lipinski definition) is 1. The Morgan fingerprint density at radius 2 is 1.80 bits per heavy atom. The summed E-state index contributed by atoms with van der Waals surface area (Å²) in [5.74, 6) is -1.35. The number of rotatable bonds is 7. The van der Waals surface area contributed by atoms with Crippen LogP contribution in [0.15, 0.2) is 41.3 Å². The topological polar surface area (TPSA) is 87.2 Å². The van der Waals surface area contributed by atoms with Gasteiger partial charge in [-0.3, -0.25) is 4.90 Å². The first-order valence-corrected chi connectivity index (χ1v) is 11.2. The van der Waals surface area contributed by atoms with E-state index in [0.717, 1.165) is 12.1 Å². The van der Waals surface area contributed by atoms with Crippen molar-refractivity contribution in [3.05, 3.63) is 57.8 Å². The molecule has 0 spiro atoms. The van der Waals surface area contributed by atoms with Crippen molar-refractivity contribution in [1.82, 2.24) is 9.21 Å². The molecule has 2 aromatic carbocycles. The summed E-state index contributed by atoms with van der Waals surface area (Å²) in [5.41, 5.74) is 0.713. The number of halogens is 3. The molecule has 30 heavy (non-hydrogen) atoms. The fraction of sp³-hybridized carbons (Fsp3) is 0.316. The van der Waals surface area contributed by atoms with Gasteiger partial charge in [-0.15, -0.1) is 0 Å². The lowest BCUT2D eigenvalue weighted by Gasteiger charge is -2.34.